The van der Waals surface area contributed by atoms with Gasteiger partial charge in [0.05, 0.1) is 0 Å². The van der Waals surface area contributed by atoms with E-state index in [9.17, 15) is 9.59 Å². The lowest BCUT2D eigenvalue weighted by Crippen LogP contribution is -2.57. The second-order valence-corrected chi connectivity index (χ2v) is 8.50. The van der Waals surface area contributed by atoms with Gasteiger partial charge in [0.2, 0.25) is 5.91 Å². The van der Waals surface area contributed by atoms with Crippen LogP contribution in [0.15, 0.2) is 52.5 Å². The number of hydrogen-bond acceptors (Lipinski definition) is 5. The van der Waals surface area contributed by atoms with Crippen LogP contribution in [-0.2, 0) is 4.79 Å². The number of anilines is 1. The van der Waals surface area contributed by atoms with Crippen molar-refractivity contribution >= 4 is 29.3 Å². The Morgan fingerprint density at radius 3 is 2.54 bits per heavy atom. The van der Waals surface area contributed by atoms with E-state index in [4.69, 9.17) is 0 Å². The van der Waals surface area contributed by atoms with Gasteiger partial charge >= 0.3 is 0 Å². The Labute approximate surface area is 169 Å². The van der Waals surface area contributed by atoms with E-state index in [1.807, 2.05) is 30.3 Å². The maximum Gasteiger partial charge on any atom is 0.251 e. The molecule has 146 valence electrons. The van der Waals surface area contributed by atoms with Crippen molar-refractivity contribution in [1.82, 2.24) is 15.2 Å². The third-order valence-electron chi connectivity index (χ3n) is 5.37. The Morgan fingerprint density at radius 1 is 1.14 bits per heavy atom. The summed E-state index contributed by atoms with van der Waals surface area (Å²) in [5, 5.41) is 6.77. The molecule has 0 unspecified atom stereocenters. The number of rotatable bonds is 5. The molecule has 2 aromatic rings. The average molecular weight is 397 g/mol. The van der Waals surface area contributed by atoms with Crippen LogP contribution in [0.2, 0.25) is 0 Å². The third-order valence-corrected chi connectivity index (χ3v) is 6.31. The van der Waals surface area contributed by atoms with E-state index in [1.54, 1.807) is 12.3 Å². The first kappa shape index (κ1) is 19.0. The number of carbonyl (C=O) groups is 2. The highest BCUT2D eigenvalue weighted by Crippen LogP contribution is 2.29. The maximum atomic E-state index is 12.6. The summed E-state index contributed by atoms with van der Waals surface area (Å²) in [5.41, 5.74) is 1.40. The molecule has 3 aliphatic rings. The van der Waals surface area contributed by atoms with Crippen LogP contribution in [0.1, 0.15) is 30.1 Å². The predicted octanol–water partition coefficient (Wildman–Crippen LogP) is 3.02. The van der Waals surface area contributed by atoms with Gasteiger partial charge in [-0.05, 0) is 68.2 Å². The molecule has 3 saturated heterocycles. The molecule has 1 aromatic heterocycles. The topological polar surface area (TPSA) is 74.3 Å². The van der Waals surface area contributed by atoms with Crippen LogP contribution in [0.5, 0.6) is 0 Å². The molecule has 4 heterocycles. The Balaban J connectivity index is 1.37. The zero-order chi connectivity index (χ0) is 19.5. The molecule has 3 fully saturated rings. The van der Waals surface area contributed by atoms with Gasteiger partial charge in [0.25, 0.3) is 5.91 Å². The number of nitrogens with one attached hydrogen (secondary N) is 2. The predicted molar refractivity (Wildman–Crippen MR) is 110 cm³/mol. The van der Waals surface area contributed by atoms with Crippen molar-refractivity contribution in [2.24, 2.45) is 5.92 Å². The number of amides is 2. The number of carbonyl (C=O) groups excluding carboxylic acids is 2. The quantitative estimate of drug-likeness (QED) is 0.813. The SMILES string of the molecule is CC(=O)Nc1ccnc(Sc2ccc(C(=O)N[C@H]3CN4CCC3CC4)cc2)c1. The van der Waals surface area contributed by atoms with Gasteiger partial charge < -0.3 is 15.5 Å². The highest BCUT2D eigenvalue weighted by Gasteiger charge is 2.34. The highest BCUT2D eigenvalue weighted by molar-refractivity contribution is 7.99. The van der Waals surface area contributed by atoms with Gasteiger partial charge in [0, 0.05) is 41.9 Å². The molecule has 0 saturated carbocycles. The normalized spacial score (nSPS) is 23.2. The minimum absolute atomic E-state index is 0.00100. The van der Waals surface area contributed by atoms with E-state index in [0.29, 0.717) is 11.5 Å². The molecule has 3 aliphatic heterocycles. The van der Waals surface area contributed by atoms with Gasteiger partial charge in [-0.1, -0.05) is 11.8 Å². The maximum absolute atomic E-state index is 12.6. The van der Waals surface area contributed by atoms with Crippen molar-refractivity contribution in [2.75, 3.05) is 25.0 Å². The number of piperidine rings is 3. The van der Waals surface area contributed by atoms with Crippen molar-refractivity contribution in [2.45, 2.75) is 35.7 Å². The van der Waals surface area contributed by atoms with Crippen LogP contribution in [0.4, 0.5) is 5.69 Å². The van der Waals surface area contributed by atoms with E-state index < -0.39 is 0 Å². The van der Waals surface area contributed by atoms with Crippen molar-refractivity contribution in [3.05, 3.63) is 48.2 Å². The van der Waals surface area contributed by atoms with Crippen LogP contribution in [0, 0.1) is 5.92 Å². The third kappa shape index (κ3) is 4.54. The lowest BCUT2D eigenvalue weighted by atomic mass is 9.84. The number of pyridine rings is 1. The smallest absolute Gasteiger partial charge is 0.251 e. The minimum Gasteiger partial charge on any atom is -0.348 e. The fraction of sp³-hybridized carbons (Fsp3) is 0.381. The number of aromatic nitrogens is 1. The molecule has 7 heteroatoms. The van der Waals surface area contributed by atoms with E-state index in [0.717, 1.165) is 22.2 Å². The summed E-state index contributed by atoms with van der Waals surface area (Å²) in [6.45, 7) is 4.79. The largest absolute Gasteiger partial charge is 0.348 e. The Bertz CT molecular complexity index is 863. The number of hydrogen-bond donors (Lipinski definition) is 2. The first-order valence-electron chi connectivity index (χ1n) is 9.61. The van der Waals surface area contributed by atoms with E-state index in [1.165, 1.54) is 44.6 Å². The molecule has 0 radical (unpaired) electrons. The summed E-state index contributed by atoms with van der Waals surface area (Å²) in [7, 11) is 0. The monoisotopic (exact) mass is 396 g/mol. The molecule has 28 heavy (non-hydrogen) atoms. The van der Waals surface area contributed by atoms with Crippen LogP contribution < -0.4 is 10.6 Å². The lowest BCUT2D eigenvalue weighted by Gasteiger charge is -2.44. The Morgan fingerprint density at radius 2 is 1.89 bits per heavy atom. The van der Waals surface area contributed by atoms with Gasteiger partial charge in [-0.15, -0.1) is 0 Å². The summed E-state index contributed by atoms with van der Waals surface area (Å²) < 4.78 is 0. The molecule has 0 spiro atoms. The molecule has 2 amide bonds. The second-order valence-electron chi connectivity index (χ2n) is 7.41. The van der Waals surface area contributed by atoms with Crippen LogP contribution >= 0.6 is 11.8 Å². The van der Waals surface area contributed by atoms with E-state index in [-0.39, 0.29) is 17.9 Å². The van der Waals surface area contributed by atoms with Crippen molar-refractivity contribution < 1.29 is 9.59 Å². The molecule has 2 bridgehead atoms. The standard InChI is InChI=1S/C21H24N4O2S/c1-14(26)23-17-6-9-22-20(12-17)28-18-4-2-16(3-5-18)21(27)24-19-13-25-10-7-15(19)8-11-25/h2-6,9,12,15,19H,7-8,10-11,13H2,1H3,(H,24,27)(H,22,23,26)/t19-/m0/s1. The fourth-order valence-electron chi connectivity index (χ4n) is 3.92. The Hall–Kier alpha value is -2.38. The van der Waals surface area contributed by atoms with Gasteiger partial charge in [0.15, 0.2) is 0 Å². The van der Waals surface area contributed by atoms with Crippen LogP contribution in [0.25, 0.3) is 0 Å². The van der Waals surface area contributed by atoms with Gasteiger partial charge in [0.1, 0.15) is 5.03 Å². The number of benzene rings is 1. The Kier molecular flexibility index (Phi) is 5.64. The van der Waals surface area contributed by atoms with E-state index >= 15 is 0 Å². The molecule has 0 aliphatic carbocycles. The first-order valence-corrected chi connectivity index (χ1v) is 10.4. The second kappa shape index (κ2) is 8.32. The number of fused-ring (bicyclic) bond motifs is 3. The van der Waals surface area contributed by atoms with Gasteiger partial charge in [-0.3, -0.25) is 9.59 Å². The van der Waals surface area contributed by atoms with Crippen molar-refractivity contribution in [3.8, 4) is 0 Å². The van der Waals surface area contributed by atoms with Gasteiger partial charge in [-0.2, -0.15) is 0 Å². The van der Waals surface area contributed by atoms with Crippen LogP contribution in [0.3, 0.4) is 0 Å². The zero-order valence-electron chi connectivity index (χ0n) is 15.9. The molecule has 2 N–H and O–H groups in total. The van der Waals surface area contributed by atoms with Crippen molar-refractivity contribution in [3.63, 3.8) is 0 Å². The summed E-state index contributed by atoms with van der Waals surface area (Å²) >= 11 is 1.49. The molecule has 5 rings (SSSR count). The average Bonchev–Trinajstić information content (AvgIpc) is 2.69. The molecule has 6 nitrogen and oxygen atoms in total. The lowest BCUT2D eigenvalue weighted by molar-refractivity contribution is -0.114. The summed E-state index contributed by atoms with van der Waals surface area (Å²) in [5.74, 6) is 0.507. The zero-order valence-corrected chi connectivity index (χ0v) is 16.7. The molecular weight excluding hydrogens is 372 g/mol. The highest BCUT2D eigenvalue weighted by atomic mass is 32.2. The molecule has 1 atom stereocenters. The summed E-state index contributed by atoms with van der Waals surface area (Å²) in [6.07, 6.45) is 4.04. The van der Waals surface area contributed by atoms with Gasteiger partial charge in [-0.25, -0.2) is 4.98 Å². The molecule has 1 aromatic carbocycles. The molecular formula is C21H24N4O2S. The van der Waals surface area contributed by atoms with Crippen molar-refractivity contribution in [1.29, 1.82) is 0 Å². The van der Waals surface area contributed by atoms with E-state index in [2.05, 4.69) is 20.5 Å². The van der Waals surface area contributed by atoms with Crippen LogP contribution in [-0.4, -0.2) is 47.4 Å². The summed E-state index contributed by atoms with van der Waals surface area (Å²) in [6, 6.07) is 11.4. The summed E-state index contributed by atoms with van der Waals surface area (Å²) in [4.78, 5) is 31.6. The minimum atomic E-state index is -0.111. The fourth-order valence-corrected chi connectivity index (χ4v) is 4.73. The number of nitrogens with zero attached hydrogens (tertiary/aromatic N) is 2. The first-order chi connectivity index (χ1) is 13.6.